The van der Waals surface area contributed by atoms with Gasteiger partial charge in [0.15, 0.2) is 0 Å². The van der Waals surface area contributed by atoms with Gasteiger partial charge in [-0.15, -0.1) is 0 Å². The molecule has 4 nitrogen and oxygen atoms in total. The first-order valence-corrected chi connectivity index (χ1v) is 7.40. The van der Waals surface area contributed by atoms with E-state index in [0.29, 0.717) is 0 Å². The van der Waals surface area contributed by atoms with Crippen molar-refractivity contribution in [2.24, 2.45) is 5.73 Å². The van der Waals surface area contributed by atoms with Crippen molar-refractivity contribution in [2.75, 3.05) is 0 Å². The molecule has 0 saturated carbocycles. The SMILES string of the molecule is NC(=O)[C@H](Cc1ccccc1C(F)(F)F)NC(=O)c1c(F)cc(F)cc1F. The highest BCUT2D eigenvalue weighted by Crippen LogP contribution is 2.32. The molecule has 0 radical (unpaired) electrons. The van der Waals surface area contributed by atoms with Gasteiger partial charge in [0.2, 0.25) is 5.91 Å². The molecular weight excluding hydrogens is 378 g/mol. The number of hydrogen-bond acceptors (Lipinski definition) is 2. The summed E-state index contributed by atoms with van der Waals surface area (Å²) in [5.74, 6) is -7.03. The van der Waals surface area contributed by atoms with Crippen LogP contribution in [0.15, 0.2) is 36.4 Å². The molecule has 3 N–H and O–H groups in total. The van der Waals surface area contributed by atoms with E-state index in [9.17, 15) is 35.9 Å². The van der Waals surface area contributed by atoms with Crippen molar-refractivity contribution in [1.29, 1.82) is 0 Å². The molecule has 0 unspecified atom stereocenters. The van der Waals surface area contributed by atoms with E-state index in [2.05, 4.69) is 0 Å². The molecule has 0 saturated heterocycles. The normalized spacial score (nSPS) is 12.5. The molecule has 0 heterocycles. The lowest BCUT2D eigenvalue weighted by Gasteiger charge is -2.19. The van der Waals surface area contributed by atoms with Gasteiger partial charge >= 0.3 is 6.18 Å². The lowest BCUT2D eigenvalue weighted by molar-refractivity contribution is -0.138. The van der Waals surface area contributed by atoms with Crippen molar-refractivity contribution >= 4 is 11.8 Å². The maximum Gasteiger partial charge on any atom is 0.416 e. The van der Waals surface area contributed by atoms with E-state index in [4.69, 9.17) is 5.73 Å². The van der Waals surface area contributed by atoms with Crippen molar-refractivity contribution < 1.29 is 35.9 Å². The molecule has 2 rings (SSSR count). The van der Waals surface area contributed by atoms with E-state index < -0.39 is 59.0 Å². The van der Waals surface area contributed by atoms with Crippen LogP contribution in [0.1, 0.15) is 21.5 Å². The highest BCUT2D eigenvalue weighted by molar-refractivity contribution is 5.97. The van der Waals surface area contributed by atoms with Crippen LogP contribution >= 0.6 is 0 Å². The number of carbonyl (C=O) groups excluding carboxylic acids is 2. The summed E-state index contributed by atoms with van der Waals surface area (Å²) in [6.45, 7) is 0. The molecule has 2 aromatic rings. The number of rotatable bonds is 5. The van der Waals surface area contributed by atoms with Gasteiger partial charge in [-0.05, 0) is 11.6 Å². The summed E-state index contributed by atoms with van der Waals surface area (Å²) in [6, 6.07) is 3.06. The molecule has 0 aromatic heterocycles. The monoisotopic (exact) mass is 390 g/mol. The van der Waals surface area contributed by atoms with E-state index >= 15 is 0 Å². The minimum absolute atomic E-state index is 0.246. The molecule has 10 heteroatoms. The average molecular weight is 390 g/mol. The van der Waals surface area contributed by atoms with Crippen molar-refractivity contribution in [3.8, 4) is 0 Å². The molecule has 27 heavy (non-hydrogen) atoms. The number of hydrogen-bond donors (Lipinski definition) is 2. The van der Waals surface area contributed by atoms with Gasteiger partial charge in [-0.25, -0.2) is 13.2 Å². The fraction of sp³-hybridized carbons (Fsp3) is 0.176. The van der Waals surface area contributed by atoms with Crippen LogP contribution in [-0.4, -0.2) is 17.9 Å². The van der Waals surface area contributed by atoms with Gasteiger partial charge in [0.05, 0.1) is 5.56 Å². The Labute approximate surface area is 149 Å². The van der Waals surface area contributed by atoms with E-state index in [1.54, 1.807) is 0 Å². The second-order valence-electron chi connectivity index (χ2n) is 5.53. The summed E-state index contributed by atoms with van der Waals surface area (Å²) in [5.41, 5.74) is 2.50. The van der Waals surface area contributed by atoms with Crippen LogP contribution in [0.3, 0.4) is 0 Å². The summed E-state index contributed by atoms with van der Waals surface area (Å²) in [5, 5.41) is 1.88. The van der Waals surface area contributed by atoms with Gasteiger partial charge in [-0.3, -0.25) is 9.59 Å². The lowest BCUT2D eigenvalue weighted by Crippen LogP contribution is -2.46. The van der Waals surface area contributed by atoms with Gasteiger partial charge in [0.25, 0.3) is 5.91 Å². The molecule has 144 valence electrons. The fourth-order valence-corrected chi connectivity index (χ4v) is 2.41. The zero-order valence-electron chi connectivity index (χ0n) is 13.4. The van der Waals surface area contributed by atoms with Gasteiger partial charge in [-0.2, -0.15) is 13.2 Å². The quantitative estimate of drug-likeness (QED) is 0.771. The summed E-state index contributed by atoms with van der Waals surface area (Å²) in [7, 11) is 0. The number of nitrogens with one attached hydrogen (secondary N) is 1. The second-order valence-corrected chi connectivity index (χ2v) is 5.53. The number of carbonyl (C=O) groups is 2. The molecule has 0 aliphatic heterocycles. The Kier molecular flexibility index (Phi) is 5.77. The predicted molar refractivity (Wildman–Crippen MR) is 81.9 cm³/mol. The molecule has 0 fully saturated rings. The third-order valence-corrected chi connectivity index (χ3v) is 3.63. The molecule has 1 atom stereocenters. The van der Waals surface area contributed by atoms with Crippen LogP contribution in [0.2, 0.25) is 0 Å². The van der Waals surface area contributed by atoms with Gasteiger partial charge in [-0.1, -0.05) is 18.2 Å². The van der Waals surface area contributed by atoms with E-state index in [-0.39, 0.29) is 17.7 Å². The lowest BCUT2D eigenvalue weighted by atomic mass is 9.99. The van der Waals surface area contributed by atoms with Crippen LogP contribution in [0.4, 0.5) is 26.3 Å². The summed E-state index contributed by atoms with van der Waals surface area (Å²) < 4.78 is 79.3. The first kappa shape index (κ1) is 20.3. The van der Waals surface area contributed by atoms with E-state index in [1.807, 2.05) is 5.32 Å². The van der Waals surface area contributed by atoms with Crippen LogP contribution in [-0.2, 0) is 17.4 Å². The number of nitrogens with two attached hydrogens (primary N) is 1. The third-order valence-electron chi connectivity index (χ3n) is 3.63. The fourth-order valence-electron chi connectivity index (χ4n) is 2.41. The molecule has 0 bridgehead atoms. The Hall–Kier alpha value is -3.04. The smallest absolute Gasteiger partial charge is 0.368 e. The number of alkyl halides is 3. The molecule has 0 aliphatic carbocycles. The van der Waals surface area contributed by atoms with Gasteiger partial charge in [0, 0.05) is 18.6 Å². The maximum absolute atomic E-state index is 13.7. The number of primary amides is 1. The molecule has 2 aromatic carbocycles. The Morgan fingerprint density at radius 3 is 2.11 bits per heavy atom. The van der Waals surface area contributed by atoms with Gasteiger partial charge in [0.1, 0.15) is 29.1 Å². The Balaban J connectivity index is 2.31. The zero-order valence-corrected chi connectivity index (χ0v) is 13.4. The number of amides is 2. The largest absolute Gasteiger partial charge is 0.416 e. The van der Waals surface area contributed by atoms with Crippen molar-refractivity contribution in [1.82, 2.24) is 5.32 Å². The second kappa shape index (κ2) is 7.68. The first-order chi connectivity index (χ1) is 12.5. The van der Waals surface area contributed by atoms with Crippen LogP contribution in [0.5, 0.6) is 0 Å². The van der Waals surface area contributed by atoms with Crippen LogP contribution in [0.25, 0.3) is 0 Å². The van der Waals surface area contributed by atoms with Crippen molar-refractivity contribution in [3.05, 3.63) is 70.5 Å². The van der Waals surface area contributed by atoms with E-state index in [1.165, 1.54) is 6.07 Å². The Bertz CT molecular complexity index is 859. The minimum atomic E-state index is -4.72. The number of halogens is 6. The molecular formula is C17H12F6N2O2. The van der Waals surface area contributed by atoms with Crippen molar-refractivity contribution in [2.45, 2.75) is 18.6 Å². The van der Waals surface area contributed by atoms with Crippen LogP contribution in [0, 0.1) is 17.5 Å². The average Bonchev–Trinajstić information content (AvgIpc) is 2.52. The summed E-state index contributed by atoms with van der Waals surface area (Å²) in [4.78, 5) is 23.6. The Morgan fingerprint density at radius 2 is 1.59 bits per heavy atom. The highest BCUT2D eigenvalue weighted by atomic mass is 19.4. The Morgan fingerprint density at radius 1 is 1.04 bits per heavy atom. The maximum atomic E-state index is 13.7. The number of benzene rings is 2. The summed E-state index contributed by atoms with van der Waals surface area (Å²) in [6.07, 6.45) is -5.39. The first-order valence-electron chi connectivity index (χ1n) is 7.40. The minimum Gasteiger partial charge on any atom is -0.368 e. The van der Waals surface area contributed by atoms with Crippen molar-refractivity contribution in [3.63, 3.8) is 0 Å². The van der Waals surface area contributed by atoms with Gasteiger partial charge < -0.3 is 11.1 Å². The zero-order chi connectivity index (χ0) is 20.4. The topological polar surface area (TPSA) is 72.2 Å². The standard InChI is InChI=1S/C17H12F6N2O2/c18-9-6-11(19)14(12(20)7-9)16(27)25-13(15(24)26)5-8-3-1-2-4-10(8)17(21,22)23/h1-4,6-7,13H,5H2,(H2,24,26)(H,25,27)/t13-/m0/s1. The predicted octanol–water partition coefficient (Wildman–Crippen LogP) is 2.95. The third kappa shape index (κ3) is 4.78. The van der Waals surface area contributed by atoms with Crippen LogP contribution < -0.4 is 11.1 Å². The highest BCUT2D eigenvalue weighted by Gasteiger charge is 2.34. The molecule has 2 amide bonds. The van der Waals surface area contributed by atoms with E-state index in [0.717, 1.165) is 18.2 Å². The molecule has 0 spiro atoms. The summed E-state index contributed by atoms with van der Waals surface area (Å²) >= 11 is 0. The molecule has 0 aliphatic rings.